The molecule has 0 amide bonds. The maximum absolute atomic E-state index is 11.5. The molecule has 0 bridgehead atoms. The van der Waals surface area contributed by atoms with Crippen LogP contribution in [0.3, 0.4) is 0 Å². The third kappa shape index (κ3) is 6.50. The highest BCUT2D eigenvalue weighted by atomic mass is 16.6. The fourth-order valence-electron chi connectivity index (χ4n) is 5.64. The van der Waals surface area contributed by atoms with Crippen LogP contribution in [0.2, 0.25) is 0 Å². The number of phenols is 1. The third-order valence-corrected chi connectivity index (χ3v) is 7.85. The van der Waals surface area contributed by atoms with Crippen molar-refractivity contribution in [2.24, 2.45) is 0 Å². The number of phenolic OH excluding ortho intramolecular Hbond substituents is 1. The Morgan fingerprint density at radius 3 is 1.88 bits per heavy atom. The van der Waals surface area contributed by atoms with E-state index >= 15 is 0 Å². The van der Waals surface area contributed by atoms with Gasteiger partial charge < -0.3 is 24.1 Å². The Kier molecular flexibility index (Phi) is 8.80. The van der Waals surface area contributed by atoms with Gasteiger partial charge in [-0.15, -0.1) is 0 Å². The van der Waals surface area contributed by atoms with Gasteiger partial charge >= 0.3 is 0 Å². The summed E-state index contributed by atoms with van der Waals surface area (Å²) in [5, 5.41) is 13.1. The highest BCUT2D eigenvalue weighted by Gasteiger charge is 2.39. The zero-order valence-electron chi connectivity index (χ0n) is 23.8. The smallest absolute Gasteiger partial charge is 0.129 e. The van der Waals surface area contributed by atoms with Crippen molar-refractivity contribution < 1.29 is 24.1 Å². The Morgan fingerprint density at radius 1 is 0.643 bits per heavy atom. The second-order valence-electron chi connectivity index (χ2n) is 10.8. The first-order valence-corrected chi connectivity index (χ1v) is 14.5. The molecule has 0 radical (unpaired) electrons. The van der Waals surface area contributed by atoms with Crippen molar-refractivity contribution >= 4 is 10.8 Å². The van der Waals surface area contributed by atoms with Gasteiger partial charge in [-0.2, -0.15) is 0 Å². The monoisotopic (exact) mass is 560 g/mol. The molecule has 1 N–H and O–H groups in total. The maximum Gasteiger partial charge on any atom is 0.129 e. The molecule has 5 heteroatoms. The first-order valence-electron chi connectivity index (χ1n) is 14.5. The van der Waals surface area contributed by atoms with Crippen LogP contribution in [0, 0.1) is 0 Å². The maximum atomic E-state index is 11.5. The Bertz CT molecular complexity index is 1570. The van der Waals surface area contributed by atoms with E-state index < -0.39 is 0 Å². The fraction of sp³-hybridized carbons (Fsp3) is 0.243. The molecule has 1 fully saturated rings. The van der Waals surface area contributed by atoms with Gasteiger partial charge in [0.05, 0.1) is 31.5 Å². The van der Waals surface area contributed by atoms with E-state index in [-0.39, 0.29) is 30.2 Å². The van der Waals surface area contributed by atoms with Gasteiger partial charge in [-0.25, -0.2) is 0 Å². The molecule has 214 valence electrons. The van der Waals surface area contributed by atoms with Crippen molar-refractivity contribution in [1.29, 1.82) is 0 Å². The standard InChI is InChI=1S/C37H36O5/c1-26-37(41-25-29-16-9-4-10-17-29)35(40-24-28-14-7-3-8-15-28)22-34(42-26)32-21-20-30-31(36(32)38)18-11-19-33(30)39-23-27-12-5-2-6-13-27/h2-21,26,34-35,37-38H,22-25H2,1H3/t26-,34+,35+,37+/m0/s1. The predicted octanol–water partition coefficient (Wildman–Crippen LogP) is 8.15. The number of benzene rings is 5. The van der Waals surface area contributed by atoms with Crippen LogP contribution in [0.15, 0.2) is 121 Å². The molecular formula is C37H36O5. The number of aromatic hydroxyl groups is 1. The lowest BCUT2D eigenvalue weighted by atomic mass is 9.92. The van der Waals surface area contributed by atoms with Crippen LogP contribution < -0.4 is 4.74 Å². The van der Waals surface area contributed by atoms with Crippen LogP contribution in [0.5, 0.6) is 11.5 Å². The summed E-state index contributed by atoms with van der Waals surface area (Å²) in [7, 11) is 0. The third-order valence-electron chi connectivity index (χ3n) is 7.85. The van der Waals surface area contributed by atoms with Gasteiger partial charge in [-0.05, 0) is 29.7 Å². The molecule has 1 heterocycles. The number of ether oxygens (including phenoxy) is 4. The van der Waals surface area contributed by atoms with E-state index in [2.05, 4.69) is 24.3 Å². The summed E-state index contributed by atoms with van der Waals surface area (Å²) >= 11 is 0. The van der Waals surface area contributed by atoms with E-state index in [1.165, 1.54) is 0 Å². The summed E-state index contributed by atoms with van der Waals surface area (Å²) < 4.78 is 25.6. The fourth-order valence-corrected chi connectivity index (χ4v) is 5.64. The van der Waals surface area contributed by atoms with E-state index in [1.54, 1.807) is 0 Å². The SMILES string of the molecule is C[C@@H]1O[C@@H](c2ccc3c(OCc4ccccc4)cccc3c2O)C[C@@H](OCc2ccccc2)[C@@H]1OCc1ccccc1. The molecule has 6 rings (SSSR count). The second kappa shape index (κ2) is 13.2. The molecule has 0 spiro atoms. The van der Waals surface area contributed by atoms with Gasteiger partial charge in [0.2, 0.25) is 0 Å². The molecule has 1 saturated heterocycles. The molecule has 0 saturated carbocycles. The Labute approximate surface area is 247 Å². The minimum atomic E-state index is -0.351. The summed E-state index contributed by atoms with van der Waals surface area (Å²) in [6.07, 6.45) is -0.525. The second-order valence-corrected chi connectivity index (χ2v) is 10.8. The molecule has 0 aromatic heterocycles. The predicted molar refractivity (Wildman–Crippen MR) is 164 cm³/mol. The number of fused-ring (bicyclic) bond motifs is 1. The molecule has 5 aromatic carbocycles. The minimum Gasteiger partial charge on any atom is -0.507 e. The molecule has 5 nitrogen and oxygen atoms in total. The first kappa shape index (κ1) is 28.0. The molecular weight excluding hydrogens is 524 g/mol. The lowest BCUT2D eigenvalue weighted by Crippen LogP contribution is -2.47. The molecule has 1 aliphatic heterocycles. The zero-order chi connectivity index (χ0) is 28.7. The Hall–Kier alpha value is -4.16. The summed E-state index contributed by atoms with van der Waals surface area (Å²) in [5.74, 6) is 0.940. The van der Waals surface area contributed by atoms with Gasteiger partial charge in [0.25, 0.3) is 0 Å². The molecule has 0 aliphatic carbocycles. The Balaban J connectivity index is 1.23. The summed E-state index contributed by atoms with van der Waals surface area (Å²) in [4.78, 5) is 0. The van der Waals surface area contributed by atoms with E-state index in [4.69, 9.17) is 18.9 Å². The van der Waals surface area contributed by atoms with Crippen molar-refractivity contribution in [2.75, 3.05) is 0 Å². The summed E-state index contributed by atoms with van der Waals surface area (Å²) in [6, 6.07) is 40.1. The largest absolute Gasteiger partial charge is 0.507 e. The number of hydrogen-bond donors (Lipinski definition) is 1. The summed E-state index contributed by atoms with van der Waals surface area (Å²) in [6.45, 7) is 3.43. The van der Waals surface area contributed by atoms with Gasteiger partial charge in [0.15, 0.2) is 0 Å². The van der Waals surface area contributed by atoms with E-state index in [0.29, 0.717) is 26.2 Å². The average Bonchev–Trinajstić information content (AvgIpc) is 3.04. The summed E-state index contributed by atoms with van der Waals surface area (Å²) in [5.41, 5.74) is 4.03. The lowest BCUT2D eigenvalue weighted by Gasteiger charge is -2.40. The van der Waals surface area contributed by atoms with Gasteiger partial charge in [-0.1, -0.05) is 115 Å². The minimum absolute atomic E-state index is 0.209. The molecule has 4 atom stereocenters. The van der Waals surface area contributed by atoms with Crippen molar-refractivity contribution in [3.8, 4) is 11.5 Å². The first-order chi connectivity index (χ1) is 20.7. The average molecular weight is 561 g/mol. The molecule has 5 aromatic rings. The van der Waals surface area contributed by atoms with Crippen LogP contribution in [0.25, 0.3) is 10.8 Å². The van der Waals surface area contributed by atoms with E-state index in [0.717, 1.165) is 38.8 Å². The van der Waals surface area contributed by atoms with Crippen LogP contribution in [0.4, 0.5) is 0 Å². The highest BCUT2D eigenvalue weighted by Crippen LogP contribution is 2.43. The normalized spacial score (nSPS) is 20.4. The van der Waals surface area contributed by atoms with Crippen LogP contribution in [0.1, 0.15) is 41.7 Å². The van der Waals surface area contributed by atoms with E-state index in [9.17, 15) is 5.11 Å². The quantitative estimate of drug-likeness (QED) is 0.187. The highest BCUT2D eigenvalue weighted by molar-refractivity contribution is 5.94. The van der Waals surface area contributed by atoms with Crippen LogP contribution in [-0.2, 0) is 34.0 Å². The zero-order valence-corrected chi connectivity index (χ0v) is 23.8. The van der Waals surface area contributed by atoms with Crippen molar-refractivity contribution in [3.05, 3.63) is 144 Å². The van der Waals surface area contributed by atoms with Crippen molar-refractivity contribution in [1.82, 2.24) is 0 Å². The van der Waals surface area contributed by atoms with Gasteiger partial charge in [-0.3, -0.25) is 0 Å². The van der Waals surface area contributed by atoms with Crippen LogP contribution >= 0.6 is 0 Å². The topological polar surface area (TPSA) is 57.2 Å². The molecule has 0 unspecified atom stereocenters. The lowest BCUT2D eigenvalue weighted by molar-refractivity contribution is -0.204. The molecule has 1 aliphatic rings. The van der Waals surface area contributed by atoms with Gasteiger partial charge in [0, 0.05) is 22.8 Å². The van der Waals surface area contributed by atoms with E-state index in [1.807, 2.05) is 104 Å². The van der Waals surface area contributed by atoms with Gasteiger partial charge in [0.1, 0.15) is 24.2 Å². The number of rotatable bonds is 10. The molecule has 42 heavy (non-hydrogen) atoms. The Morgan fingerprint density at radius 2 is 1.24 bits per heavy atom. The van der Waals surface area contributed by atoms with Crippen molar-refractivity contribution in [3.63, 3.8) is 0 Å². The van der Waals surface area contributed by atoms with Crippen LogP contribution in [-0.4, -0.2) is 23.4 Å². The number of hydrogen-bond acceptors (Lipinski definition) is 5. The van der Waals surface area contributed by atoms with Crippen molar-refractivity contribution in [2.45, 2.75) is 57.6 Å².